The Bertz CT molecular complexity index is 721. The van der Waals surface area contributed by atoms with Crippen molar-refractivity contribution in [1.29, 1.82) is 0 Å². The van der Waals surface area contributed by atoms with Crippen LogP contribution in [-0.4, -0.2) is 22.2 Å². The molecule has 1 aliphatic carbocycles. The lowest BCUT2D eigenvalue weighted by atomic mass is 9.88. The van der Waals surface area contributed by atoms with Gasteiger partial charge in [-0.1, -0.05) is 13.0 Å². The molecule has 2 heterocycles. The van der Waals surface area contributed by atoms with Crippen molar-refractivity contribution in [2.75, 3.05) is 6.54 Å². The summed E-state index contributed by atoms with van der Waals surface area (Å²) in [5.74, 6) is 0.518. The predicted molar refractivity (Wildman–Crippen MR) is 86.3 cm³/mol. The number of fused-ring (bicyclic) bond motifs is 1. The van der Waals surface area contributed by atoms with Gasteiger partial charge in [-0.2, -0.15) is 5.10 Å². The highest BCUT2D eigenvalue weighted by Gasteiger charge is 2.18. The summed E-state index contributed by atoms with van der Waals surface area (Å²) >= 11 is 1.40. The number of hydrogen-bond donors (Lipinski definition) is 1. The first kappa shape index (κ1) is 15.0. The summed E-state index contributed by atoms with van der Waals surface area (Å²) < 4.78 is 1.46. The van der Waals surface area contributed by atoms with Gasteiger partial charge in [0.25, 0.3) is 11.5 Å². The first-order valence-electron chi connectivity index (χ1n) is 7.55. The Balaban J connectivity index is 1.63. The summed E-state index contributed by atoms with van der Waals surface area (Å²) in [6.45, 7) is 3.01. The Labute approximate surface area is 133 Å². The van der Waals surface area contributed by atoms with Crippen molar-refractivity contribution in [3.8, 4) is 0 Å². The van der Waals surface area contributed by atoms with Gasteiger partial charge in [-0.25, -0.2) is 4.68 Å². The number of hydrogen-bond acceptors (Lipinski definition) is 4. The van der Waals surface area contributed by atoms with Crippen LogP contribution < -0.4 is 10.9 Å². The van der Waals surface area contributed by atoms with Crippen molar-refractivity contribution < 1.29 is 4.79 Å². The van der Waals surface area contributed by atoms with Crippen LogP contribution in [0.2, 0.25) is 0 Å². The molecule has 22 heavy (non-hydrogen) atoms. The molecule has 0 spiro atoms. The zero-order valence-electron chi connectivity index (χ0n) is 12.5. The van der Waals surface area contributed by atoms with E-state index in [1.54, 1.807) is 12.1 Å². The quantitative estimate of drug-likeness (QED) is 0.936. The highest BCUT2D eigenvalue weighted by atomic mass is 32.1. The number of amides is 1. The fraction of sp³-hybridized carbons (Fsp3) is 0.438. The average molecular weight is 317 g/mol. The zero-order valence-corrected chi connectivity index (χ0v) is 13.4. The van der Waals surface area contributed by atoms with Crippen LogP contribution in [0.25, 0.3) is 0 Å². The van der Waals surface area contributed by atoms with Crippen LogP contribution in [0.15, 0.2) is 28.4 Å². The number of nitrogens with zero attached hydrogens (tertiary/aromatic N) is 2. The van der Waals surface area contributed by atoms with E-state index < -0.39 is 0 Å². The molecule has 116 valence electrons. The normalized spacial score (nSPS) is 17.0. The minimum absolute atomic E-state index is 0.0850. The van der Waals surface area contributed by atoms with Gasteiger partial charge in [-0.3, -0.25) is 9.59 Å². The maximum atomic E-state index is 12.1. The SMILES string of the molecule is C[C@@H]1CCc2nn(CCNC(=O)c3cccs3)c(=O)cc2C1. The number of aryl methyl sites for hydroxylation is 1. The number of aromatic nitrogens is 2. The van der Waals surface area contributed by atoms with E-state index in [0.717, 1.165) is 30.5 Å². The summed E-state index contributed by atoms with van der Waals surface area (Å²) in [7, 11) is 0. The standard InChI is InChI=1S/C16H19N3O2S/c1-11-4-5-13-12(9-11)10-15(20)19(18-13)7-6-17-16(21)14-3-2-8-22-14/h2-3,8,10-11H,4-7,9H2,1H3,(H,17,21)/t11-/m1/s1. The van der Waals surface area contributed by atoms with Gasteiger partial charge in [-0.05, 0) is 42.2 Å². The van der Waals surface area contributed by atoms with Crippen LogP contribution in [-0.2, 0) is 19.4 Å². The van der Waals surface area contributed by atoms with E-state index in [0.29, 0.717) is 23.9 Å². The topological polar surface area (TPSA) is 64.0 Å². The Morgan fingerprint density at radius 2 is 2.41 bits per heavy atom. The van der Waals surface area contributed by atoms with E-state index in [9.17, 15) is 9.59 Å². The Morgan fingerprint density at radius 3 is 3.18 bits per heavy atom. The van der Waals surface area contributed by atoms with Gasteiger partial charge >= 0.3 is 0 Å². The van der Waals surface area contributed by atoms with E-state index in [1.165, 1.54) is 16.0 Å². The van der Waals surface area contributed by atoms with E-state index >= 15 is 0 Å². The number of nitrogens with one attached hydrogen (secondary N) is 1. The van der Waals surface area contributed by atoms with Crippen LogP contribution >= 0.6 is 11.3 Å². The summed E-state index contributed by atoms with van der Waals surface area (Å²) in [6.07, 6.45) is 2.99. The molecule has 0 bridgehead atoms. The highest BCUT2D eigenvalue weighted by molar-refractivity contribution is 7.12. The summed E-state index contributed by atoms with van der Waals surface area (Å²) in [5, 5.41) is 9.15. The molecule has 5 nitrogen and oxygen atoms in total. The second-order valence-corrected chi connectivity index (χ2v) is 6.71. The lowest BCUT2D eigenvalue weighted by molar-refractivity contribution is 0.0955. The van der Waals surface area contributed by atoms with E-state index in [-0.39, 0.29) is 11.5 Å². The molecule has 0 radical (unpaired) electrons. The average Bonchev–Trinajstić information content (AvgIpc) is 3.02. The maximum Gasteiger partial charge on any atom is 0.267 e. The Morgan fingerprint density at radius 1 is 1.55 bits per heavy atom. The summed E-state index contributed by atoms with van der Waals surface area (Å²) in [6, 6.07) is 5.33. The van der Waals surface area contributed by atoms with Crippen molar-refractivity contribution in [2.24, 2.45) is 5.92 Å². The third-order valence-electron chi connectivity index (χ3n) is 3.96. The van der Waals surface area contributed by atoms with Gasteiger partial charge in [0.05, 0.1) is 17.1 Å². The highest BCUT2D eigenvalue weighted by Crippen LogP contribution is 2.22. The third-order valence-corrected chi connectivity index (χ3v) is 4.83. The minimum Gasteiger partial charge on any atom is -0.349 e. The minimum atomic E-state index is -0.102. The number of thiophene rings is 1. The van der Waals surface area contributed by atoms with Gasteiger partial charge in [0.15, 0.2) is 0 Å². The third kappa shape index (κ3) is 3.27. The van der Waals surface area contributed by atoms with Crippen LogP contribution in [0.5, 0.6) is 0 Å². The molecule has 1 N–H and O–H groups in total. The van der Waals surface area contributed by atoms with E-state index in [4.69, 9.17) is 0 Å². The molecule has 3 rings (SSSR count). The van der Waals surface area contributed by atoms with Crippen LogP contribution in [0.3, 0.4) is 0 Å². The molecular formula is C16H19N3O2S. The van der Waals surface area contributed by atoms with Crippen LogP contribution in [0, 0.1) is 5.92 Å². The van der Waals surface area contributed by atoms with Crippen molar-refractivity contribution >= 4 is 17.2 Å². The van der Waals surface area contributed by atoms with Crippen molar-refractivity contribution in [3.05, 3.63) is 50.1 Å². The molecule has 0 unspecified atom stereocenters. The zero-order chi connectivity index (χ0) is 15.5. The van der Waals surface area contributed by atoms with Crippen LogP contribution in [0.1, 0.15) is 34.3 Å². The monoisotopic (exact) mass is 317 g/mol. The summed E-state index contributed by atoms with van der Waals surface area (Å²) in [4.78, 5) is 24.6. The molecule has 1 aliphatic rings. The van der Waals surface area contributed by atoms with Gasteiger partial charge in [0, 0.05) is 12.6 Å². The molecule has 1 atom stereocenters. The molecule has 2 aromatic rings. The second kappa shape index (κ2) is 6.44. The summed E-state index contributed by atoms with van der Waals surface area (Å²) in [5.41, 5.74) is 2.03. The fourth-order valence-corrected chi connectivity index (χ4v) is 3.38. The second-order valence-electron chi connectivity index (χ2n) is 5.76. The smallest absolute Gasteiger partial charge is 0.267 e. The number of carbonyl (C=O) groups is 1. The van der Waals surface area contributed by atoms with Crippen molar-refractivity contribution in [3.63, 3.8) is 0 Å². The Hall–Kier alpha value is -1.95. The molecule has 0 saturated heterocycles. The molecular weight excluding hydrogens is 298 g/mol. The first-order valence-corrected chi connectivity index (χ1v) is 8.43. The fourth-order valence-electron chi connectivity index (χ4n) is 2.74. The van der Waals surface area contributed by atoms with Gasteiger partial charge < -0.3 is 5.32 Å². The largest absolute Gasteiger partial charge is 0.349 e. The van der Waals surface area contributed by atoms with Gasteiger partial charge in [0.2, 0.25) is 0 Å². The van der Waals surface area contributed by atoms with Crippen LogP contribution in [0.4, 0.5) is 0 Å². The molecule has 6 heteroatoms. The molecule has 0 fully saturated rings. The molecule has 0 aliphatic heterocycles. The van der Waals surface area contributed by atoms with Gasteiger partial charge in [-0.15, -0.1) is 11.3 Å². The lowest BCUT2D eigenvalue weighted by Gasteiger charge is -2.20. The van der Waals surface area contributed by atoms with Crippen molar-refractivity contribution in [1.82, 2.24) is 15.1 Å². The molecule has 1 amide bonds. The molecule has 0 aromatic carbocycles. The Kier molecular flexibility index (Phi) is 4.38. The van der Waals surface area contributed by atoms with E-state index in [2.05, 4.69) is 17.3 Å². The maximum absolute atomic E-state index is 12.1. The lowest BCUT2D eigenvalue weighted by Crippen LogP contribution is -2.33. The van der Waals surface area contributed by atoms with Crippen molar-refractivity contribution in [2.45, 2.75) is 32.7 Å². The first-order chi connectivity index (χ1) is 10.6. The van der Waals surface area contributed by atoms with Gasteiger partial charge in [0.1, 0.15) is 0 Å². The molecule has 2 aromatic heterocycles. The predicted octanol–water partition coefficient (Wildman–Crippen LogP) is 1.86. The molecule has 0 saturated carbocycles. The van der Waals surface area contributed by atoms with E-state index in [1.807, 2.05) is 11.4 Å². The number of carbonyl (C=O) groups excluding carboxylic acids is 1. The number of rotatable bonds is 4.